The number of amides is 1. The highest BCUT2D eigenvalue weighted by Gasteiger charge is 2.53. The molecule has 1 unspecified atom stereocenters. The number of ether oxygens (including phenoxy) is 1. The topological polar surface area (TPSA) is 87.1 Å². The van der Waals surface area contributed by atoms with Crippen LogP contribution in [0.25, 0.3) is 0 Å². The molecule has 0 aromatic heterocycles. The number of benzene rings is 2. The molecule has 0 radical (unpaired) electrons. The monoisotopic (exact) mass is 395 g/mol. The number of hydrogen-bond donors (Lipinski definition) is 2. The predicted molar refractivity (Wildman–Crippen MR) is 108 cm³/mol. The van der Waals surface area contributed by atoms with Crippen LogP contribution in [0.4, 0.5) is 5.69 Å². The number of nitrogens with zero attached hydrogens (tertiary/aromatic N) is 1. The number of phenols is 1. The molecule has 0 saturated carbocycles. The van der Waals surface area contributed by atoms with E-state index in [1.54, 1.807) is 37.3 Å². The minimum absolute atomic E-state index is 0.000776. The Morgan fingerprint density at radius 2 is 1.83 bits per heavy atom. The van der Waals surface area contributed by atoms with Crippen LogP contribution >= 0.6 is 0 Å². The lowest BCUT2D eigenvalue weighted by atomic mass is 9.73. The zero-order chi connectivity index (χ0) is 20.6. The lowest BCUT2D eigenvalue weighted by Crippen LogP contribution is -2.46. The lowest BCUT2D eigenvalue weighted by Gasteiger charge is -2.29. The number of fused-ring (bicyclic) bond motifs is 2. The van der Waals surface area contributed by atoms with Crippen LogP contribution < -0.4 is 4.90 Å². The van der Waals surface area contributed by atoms with Crippen molar-refractivity contribution in [2.24, 2.45) is 0 Å². The molecule has 0 bridgehead atoms. The quantitative estimate of drug-likeness (QED) is 0.760. The number of hydrogen-bond acceptors (Lipinski definition) is 5. The standard InChI is InChI=1S/C23H25NO5/c1-2-29-21(27)13-24-19-10-6-5-9-17(19)23(14-25,22(24)28)18-11-15-7-3-4-8-16(15)12-20(18)26/h5-6,9-12,25-26H,2-4,7-8,13-14H2,1H3. The van der Waals surface area contributed by atoms with E-state index in [4.69, 9.17) is 4.74 Å². The molecule has 2 aromatic carbocycles. The van der Waals surface area contributed by atoms with Crippen molar-refractivity contribution in [2.75, 3.05) is 24.7 Å². The smallest absolute Gasteiger partial charge is 0.326 e. The molecule has 2 N–H and O–H groups in total. The van der Waals surface area contributed by atoms with Gasteiger partial charge in [-0.3, -0.25) is 14.5 Å². The summed E-state index contributed by atoms with van der Waals surface area (Å²) < 4.78 is 5.03. The molecule has 4 rings (SSSR count). The molecule has 29 heavy (non-hydrogen) atoms. The van der Waals surface area contributed by atoms with Crippen molar-refractivity contribution in [1.82, 2.24) is 0 Å². The van der Waals surface area contributed by atoms with Gasteiger partial charge in [-0.25, -0.2) is 0 Å². The Balaban J connectivity index is 1.87. The first-order valence-corrected chi connectivity index (χ1v) is 10.1. The Kier molecular flexibility index (Phi) is 5.04. The van der Waals surface area contributed by atoms with Gasteiger partial charge in [0.1, 0.15) is 17.7 Å². The van der Waals surface area contributed by atoms with E-state index in [2.05, 4.69) is 0 Å². The highest BCUT2D eigenvalue weighted by Crippen LogP contribution is 2.49. The molecule has 1 aliphatic heterocycles. The molecule has 152 valence electrons. The van der Waals surface area contributed by atoms with Crippen LogP contribution in [-0.2, 0) is 32.6 Å². The van der Waals surface area contributed by atoms with E-state index >= 15 is 0 Å². The average Bonchev–Trinajstić information content (AvgIpc) is 2.96. The fourth-order valence-electron chi connectivity index (χ4n) is 4.63. The number of carbonyl (C=O) groups excluding carboxylic acids is 2. The number of para-hydroxylation sites is 1. The third-order valence-electron chi connectivity index (χ3n) is 6.01. The largest absolute Gasteiger partial charge is 0.508 e. The van der Waals surface area contributed by atoms with Gasteiger partial charge in [-0.05, 0) is 61.4 Å². The lowest BCUT2D eigenvalue weighted by molar-refractivity contribution is -0.142. The van der Waals surface area contributed by atoms with Gasteiger partial charge < -0.3 is 14.9 Å². The molecule has 1 heterocycles. The third-order valence-corrected chi connectivity index (χ3v) is 6.01. The second kappa shape index (κ2) is 7.52. The van der Waals surface area contributed by atoms with Crippen LogP contribution in [0.15, 0.2) is 36.4 Å². The molecule has 6 heteroatoms. The summed E-state index contributed by atoms with van der Waals surface area (Å²) >= 11 is 0. The van der Waals surface area contributed by atoms with Crippen LogP contribution in [0, 0.1) is 0 Å². The second-order valence-electron chi connectivity index (χ2n) is 7.62. The van der Waals surface area contributed by atoms with Gasteiger partial charge in [0.25, 0.3) is 0 Å². The first-order chi connectivity index (χ1) is 14.0. The number of anilines is 1. The van der Waals surface area contributed by atoms with Gasteiger partial charge in [0, 0.05) is 11.3 Å². The Morgan fingerprint density at radius 1 is 1.14 bits per heavy atom. The molecule has 6 nitrogen and oxygen atoms in total. The summed E-state index contributed by atoms with van der Waals surface area (Å²) in [5, 5.41) is 21.3. The van der Waals surface area contributed by atoms with Crippen molar-refractivity contribution in [2.45, 2.75) is 38.0 Å². The van der Waals surface area contributed by atoms with Crippen LogP contribution in [0.1, 0.15) is 42.0 Å². The van der Waals surface area contributed by atoms with Gasteiger partial charge in [-0.1, -0.05) is 24.3 Å². The predicted octanol–water partition coefficient (Wildman–Crippen LogP) is 2.46. The average molecular weight is 395 g/mol. The van der Waals surface area contributed by atoms with E-state index < -0.39 is 23.9 Å². The Labute approximate surface area is 169 Å². The van der Waals surface area contributed by atoms with Crippen molar-refractivity contribution < 1.29 is 24.5 Å². The number of aliphatic hydroxyl groups excluding tert-OH is 1. The van der Waals surface area contributed by atoms with Gasteiger partial charge >= 0.3 is 5.97 Å². The van der Waals surface area contributed by atoms with E-state index in [-0.39, 0.29) is 18.9 Å². The van der Waals surface area contributed by atoms with E-state index in [1.165, 1.54) is 4.90 Å². The van der Waals surface area contributed by atoms with Gasteiger partial charge in [-0.2, -0.15) is 0 Å². The SMILES string of the molecule is CCOC(=O)CN1C(=O)C(CO)(c2cc3c(cc2O)CCCC3)c2ccccc21. The van der Waals surface area contributed by atoms with Crippen LogP contribution in [0.5, 0.6) is 5.75 Å². The normalized spacial score (nSPS) is 20.3. The summed E-state index contributed by atoms with van der Waals surface area (Å²) in [5.41, 5.74) is 2.28. The van der Waals surface area contributed by atoms with Crippen molar-refractivity contribution >= 4 is 17.6 Å². The zero-order valence-electron chi connectivity index (χ0n) is 16.5. The Hall–Kier alpha value is -2.86. The van der Waals surface area contributed by atoms with Crippen molar-refractivity contribution in [1.29, 1.82) is 0 Å². The number of esters is 1. The number of rotatable bonds is 5. The molecule has 0 spiro atoms. The van der Waals surface area contributed by atoms with Gasteiger partial charge in [0.15, 0.2) is 0 Å². The summed E-state index contributed by atoms with van der Waals surface area (Å²) in [4.78, 5) is 27.1. The molecule has 1 amide bonds. The molecular weight excluding hydrogens is 370 g/mol. The minimum Gasteiger partial charge on any atom is -0.508 e. The highest BCUT2D eigenvalue weighted by molar-refractivity contribution is 6.12. The second-order valence-corrected chi connectivity index (χ2v) is 7.62. The summed E-state index contributed by atoms with van der Waals surface area (Å²) in [7, 11) is 0. The van der Waals surface area contributed by atoms with Crippen LogP contribution in [-0.4, -0.2) is 41.8 Å². The van der Waals surface area contributed by atoms with Gasteiger partial charge in [0.2, 0.25) is 5.91 Å². The fraction of sp³-hybridized carbons (Fsp3) is 0.391. The molecule has 0 fully saturated rings. The highest BCUT2D eigenvalue weighted by atomic mass is 16.5. The van der Waals surface area contributed by atoms with Gasteiger partial charge in [-0.15, -0.1) is 0 Å². The van der Waals surface area contributed by atoms with Crippen LogP contribution in [0.3, 0.4) is 0 Å². The fourth-order valence-corrected chi connectivity index (χ4v) is 4.63. The van der Waals surface area contributed by atoms with E-state index in [0.717, 1.165) is 36.8 Å². The number of aliphatic hydroxyl groups is 1. The molecule has 2 aliphatic rings. The Morgan fingerprint density at radius 3 is 2.52 bits per heavy atom. The molecule has 0 saturated heterocycles. The van der Waals surface area contributed by atoms with E-state index in [1.807, 2.05) is 6.07 Å². The third kappa shape index (κ3) is 2.99. The molecular formula is C23H25NO5. The maximum atomic E-state index is 13.6. The maximum absolute atomic E-state index is 13.6. The molecule has 1 atom stereocenters. The summed E-state index contributed by atoms with van der Waals surface area (Å²) in [6.45, 7) is 1.19. The first-order valence-electron chi connectivity index (χ1n) is 10.1. The van der Waals surface area contributed by atoms with Crippen molar-refractivity contribution in [3.05, 3.63) is 58.7 Å². The maximum Gasteiger partial charge on any atom is 0.326 e. The summed E-state index contributed by atoms with van der Waals surface area (Å²) in [6, 6.07) is 10.7. The zero-order valence-corrected chi connectivity index (χ0v) is 16.5. The first kappa shape index (κ1) is 19.5. The minimum atomic E-state index is -1.44. The summed E-state index contributed by atoms with van der Waals surface area (Å²) in [6.07, 6.45) is 3.91. The van der Waals surface area contributed by atoms with E-state index in [0.29, 0.717) is 16.8 Å². The molecule has 2 aromatic rings. The number of aryl methyl sites for hydroxylation is 2. The van der Waals surface area contributed by atoms with Crippen molar-refractivity contribution in [3.8, 4) is 5.75 Å². The van der Waals surface area contributed by atoms with Crippen LogP contribution in [0.2, 0.25) is 0 Å². The van der Waals surface area contributed by atoms with Gasteiger partial charge in [0.05, 0.1) is 13.2 Å². The van der Waals surface area contributed by atoms with E-state index in [9.17, 15) is 19.8 Å². The Bertz CT molecular complexity index is 970. The summed E-state index contributed by atoms with van der Waals surface area (Å²) in [5.74, 6) is -0.944. The number of aromatic hydroxyl groups is 1. The number of carbonyl (C=O) groups is 2. The van der Waals surface area contributed by atoms with Crippen molar-refractivity contribution in [3.63, 3.8) is 0 Å². The number of phenolic OH excluding ortho intramolecular Hbond substituents is 1. The molecule has 1 aliphatic carbocycles.